The fourth-order valence-electron chi connectivity index (χ4n) is 2.17. The average Bonchev–Trinajstić information content (AvgIpc) is 3.07. The molecule has 0 aliphatic rings. The molecule has 1 aromatic carbocycles. The normalized spacial score (nSPS) is 10.9. The van der Waals surface area contributed by atoms with E-state index < -0.39 is 0 Å². The van der Waals surface area contributed by atoms with Crippen LogP contribution in [-0.4, -0.2) is 28.7 Å². The van der Waals surface area contributed by atoms with Crippen LogP contribution in [0.25, 0.3) is 16.2 Å². The maximum Gasteiger partial charge on any atom is 0.194 e. The molecule has 104 valence electrons. The van der Waals surface area contributed by atoms with Gasteiger partial charge in [-0.2, -0.15) is 0 Å². The minimum atomic E-state index is -0.0435. The Hall–Kier alpha value is -2.05. The standard InChI is InChI=1S/C14H14N2O3S/c1-18-12-4-3-9(5-13(12)19-2)11-8-20-14-15-6-10(7-17)16(11)14/h3-6,8,17H,7H2,1-2H3. The van der Waals surface area contributed by atoms with Crippen molar-refractivity contribution in [3.8, 4) is 22.8 Å². The third-order valence-electron chi connectivity index (χ3n) is 3.16. The maximum absolute atomic E-state index is 9.40. The summed E-state index contributed by atoms with van der Waals surface area (Å²) in [5.74, 6) is 1.37. The lowest BCUT2D eigenvalue weighted by Gasteiger charge is -2.09. The zero-order chi connectivity index (χ0) is 14.1. The number of aromatic nitrogens is 2. The number of aliphatic hydroxyl groups is 1. The summed E-state index contributed by atoms with van der Waals surface area (Å²) in [6.07, 6.45) is 1.69. The minimum Gasteiger partial charge on any atom is -0.493 e. The summed E-state index contributed by atoms with van der Waals surface area (Å²) in [6, 6.07) is 5.75. The second kappa shape index (κ2) is 5.15. The topological polar surface area (TPSA) is 56.0 Å². The summed E-state index contributed by atoms with van der Waals surface area (Å²) in [5, 5.41) is 11.4. The predicted octanol–water partition coefficient (Wildman–Crippen LogP) is 2.57. The Bertz CT molecular complexity index is 748. The van der Waals surface area contributed by atoms with Crippen LogP contribution in [0.1, 0.15) is 5.69 Å². The van der Waals surface area contributed by atoms with Crippen LogP contribution in [0.5, 0.6) is 11.5 Å². The first-order valence-corrected chi connectivity index (χ1v) is 6.93. The molecule has 1 N–H and O–H groups in total. The predicted molar refractivity (Wildman–Crippen MR) is 77.5 cm³/mol. The molecule has 0 saturated carbocycles. The molecule has 0 bridgehead atoms. The fraction of sp³-hybridized carbons (Fsp3) is 0.214. The van der Waals surface area contributed by atoms with E-state index in [1.165, 1.54) is 11.3 Å². The Morgan fingerprint density at radius 3 is 2.75 bits per heavy atom. The number of imidazole rings is 1. The van der Waals surface area contributed by atoms with Gasteiger partial charge >= 0.3 is 0 Å². The van der Waals surface area contributed by atoms with E-state index in [1.54, 1.807) is 20.4 Å². The van der Waals surface area contributed by atoms with Crippen molar-refractivity contribution in [2.45, 2.75) is 6.61 Å². The molecule has 0 aliphatic carbocycles. The van der Waals surface area contributed by atoms with E-state index in [0.717, 1.165) is 21.9 Å². The minimum absolute atomic E-state index is 0.0435. The Balaban J connectivity index is 2.17. The summed E-state index contributed by atoms with van der Waals surface area (Å²) in [6.45, 7) is -0.0435. The molecule has 0 spiro atoms. The second-order valence-electron chi connectivity index (χ2n) is 4.22. The molecule has 0 unspecified atom stereocenters. The molecule has 6 heteroatoms. The van der Waals surface area contributed by atoms with Gasteiger partial charge in [0.15, 0.2) is 16.5 Å². The fourth-order valence-corrected chi connectivity index (χ4v) is 3.07. The molecule has 5 nitrogen and oxygen atoms in total. The number of hydrogen-bond acceptors (Lipinski definition) is 5. The summed E-state index contributed by atoms with van der Waals surface area (Å²) in [4.78, 5) is 5.14. The molecule has 0 saturated heterocycles. The highest BCUT2D eigenvalue weighted by molar-refractivity contribution is 7.15. The van der Waals surface area contributed by atoms with E-state index in [0.29, 0.717) is 11.5 Å². The lowest BCUT2D eigenvalue weighted by atomic mass is 10.1. The van der Waals surface area contributed by atoms with Crippen molar-refractivity contribution < 1.29 is 14.6 Å². The summed E-state index contributed by atoms with van der Waals surface area (Å²) >= 11 is 1.54. The number of thiazole rings is 1. The van der Waals surface area contributed by atoms with Crippen LogP contribution in [0, 0.1) is 0 Å². The zero-order valence-corrected chi connectivity index (χ0v) is 12.0. The van der Waals surface area contributed by atoms with Gasteiger partial charge in [-0.3, -0.25) is 4.40 Å². The Labute approximate surface area is 120 Å². The third-order valence-corrected chi connectivity index (χ3v) is 4.00. The molecule has 3 aromatic rings. The highest BCUT2D eigenvalue weighted by atomic mass is 32.1. The van der Waals surface area contributed by atoms with E-state index in [4.69, 9.17) is 9.47 Å². The van der Waals surface area contributed by atoms with Gasteiger partial charge in [-0.05, 0) is 18.2 Å². The molecule has 20 heavy (non-hydrogen) atoms. The molecule has 2 aromatic heterocycles. The van der Waals surface area contributed by atoms with Crippen molar-refractivity contribution in [3.05, 3.63) is 35.5 Å². The third kappa shape index (κ3) is 1.93. The van der Waals surface area contributed by atoms with Crippen LogP contribution in [-0.2, 0) is 6.61 Å². The van der Waals surface area contributed by atoms with Crippen LogP contribution in [0.2, 0.25) is 0 Å². The molecule has 3 rings (SSSR count). The quantitative estimate of drug-likeness (QED) is 0.802. The molecule has 0 atom stereocenters. The van der Waals surface area contributed by atoms with Crippen molar-refractivity contribution in [3.63, 3.8) is 0 Å². The summed E-state index contributed by atoms with van der Waals surface area (Å²) < 4.78 is 12.5. The van der Waals surface area contributed by atoms with Crippen LogP contribution in [0.3, 0.4) is 0 Å². The van der Waals surface area contributed by atoms with Gasteiger partial charge in [0.1, 0.15) is 0 Å². The van der Waals surface area contributed by atoms with Gasteiger partial charge in [0.05, 0.1) is 38.4 Å². The van der Waals surface area contributed by atoms with Gasteiger partial charge in [0.25, 0.3) is 0 Å². The van der Waals surface area contributed by atoms with Crippen LogP contribution >= 0.6 is 11.3 Å². The van der Waals surface area contributed by atoms with E-state index in [2.05, 4.69) is 4.98 Å². The number of methoxy groups -OCH3 is 2. The van der Waals surface area contributed by atoms with Gasteiger partial charge in [0, 0.05) is 10.9 Å². The van der Waals surface area contributed by atoms with E-state index in [9.17, 15) is 5.11 Å². The monoisotopic (exact) mass is 290 g/mol. The first kappa shape index (κ1) is 13.0. The molecule has 0 radical (unpaired) electrons. The van der Waals surface area contributed by atoms with Gasteiger partial charge in [0.2, 0.25) is 0 Å². The van der Waals surface area contributed by atoms with Crippen molar-refractivity contribution in [1.82, 2.24) is 9.38 Å². The molecular weight excluding hydrogens is 276 g/mol. The van der Waals surface area contributed by atoms with Crippen molar-refractivity contribution in [2.75, 3.05) is 14.2 Å². The van der Waals surface area contributed by atoms with Gasteiger partial charge in [-0.15, -0.1) is 11.3 Å². The number of fused-ring (bicyclic) bond motifs is 1. The van der Waals surface area contributed by atoms with E-state index in [-0.39, 0.29) is 6.61 Å². The Morgan fingerprint density at radius 2 is 2.05 bits per heavy atom. The molecule has 0 aliphatic heterocycles. The number of aliphatic hydroxyl groups excluding tert-OH is 1. The molecule has 0 amide bonds. The molecule has 2 heterocycles. The number of ether oxygens (including phenoxy) is 2. The van der Waals surface area contributed by atoms with Gasteiger partial charge in [-0.1, -0.05) is 0 Å². The molecule has 0 fully saturated rings. The van der Waals surface area contributed by atoms with Crippen LogP contribution < -0.4 is 9.47 Å². The largest absolute Gasteiger partial charge is 0.493 e. The lowest BCUT2D eigenvalue weighted by molar-refractivity contribution is 0.276. The average molecular weight is 290 g/mol. The number of rotatable bonds is 4. The lowest BCUT2D eigenvalue weighted by Crippen LogP contribution is -1.95. The molecular formula is C14H14N2O3S. The van der Waals surface area contributed by atoms with Crippen molar-refractivity contribution in [2.24, 2.45) is 0 Å². The summed E-state index contributed by atoms with van der Waals surface area (Å²) in [5.41, 5.74) is 2.74. The smallest absolute Gasteiger partial charge is 0.194 e. The van der Waals surface area contributed by atoms with E-state index >= 15 is 0 Å². The van der Waals surface area contributed by atoms with E-state index in [1.807, 2.05) is 28.0 Å². The van der Waals surface area contributed by atoms with Crippen molar-refractivity contribution >= 4 is 16.3 Å². The zero-order valence-electron chi connectivity index (χ0n) is 11.2. The highest BCUT2D eigenvalue weighted by Crippen LogP contribution is 2.34. The van der Waals surface area contributed by atoms with Crippen molar-refractivity contribution in [1.29, 1.82) is 0 Å². The van der Waals surface area contributed by atoms with Gasteiger partial charge < -0.3 is 14.6 Å². The number of nitrogens with zero attached hydrogens (tertiary/aromatic N) is 2. The summed E-state index contributed by atoms with van der Waals surface area (Å²) in [7, 11) is 3.22. The van der Waals surface area contributed by atoms with Crippen LogP contribution in [0.4, 0.5) is 0 Å². The second-order valence-corrected chi connectivity index (χ2v) is 5.05. The SMILES string of the molecule is COc1ccc(-c2csc3ncc(CO)n23)cc1OC. The highest BCUT2D eigenvalue weighted by Gasteiger charge is 2.13. The first-order valence-electron chi connectivity index (χ1n) is 6.05. The van der Waals surface area contributed by atoms with Crippen LogP contribution in [0.15, 0.2) is 29.8 Å². The Morgan fingerprint density at radius 1 is 1.25 bits per heavy atom. The number of hydrogen-bond donors (Lipinski definition) is 1. The Kier molecular flexibility index (Phi) is 3.33. The number of benzene rings is 1. The maximum atomic E-state index is 9.40. The van der Waals surface area contributed by atoms with Gasteiger partial charge in [-0.25, -0.2) is 4.98 Å². The first-order chi connectivity index (χ1) is 9.78.